The Morgan fingerprint density at radius 1 is 1.39 bits per heavy atom. The molecule has 2 heterocycles. The van der Waals surface area contributed by atoms with E-state index < -0.39 is 6.04 Å². The second-order valence-corrected chi connectivity index (χ2v) is 4.86. The average Bonchev–Trinajstić information content (AvgIpc) is 2.66. The number of carbonyl (C=O) groups is 1. The molecule has 0 aliphatic carbocycles. The van der Waals surface area contributed by atoms with Gasteiger partial charge in [0.15, 0.2) is 0 Å². The lowest BCUT2D eigenvalue weighted by Crippen LogP contribution is -2.36. The Labute approximate surface area is 110 Å². The molecule has 2 aliphatic rings. The molecule has 1 atom stereocenters. The van der Waals surface area contributed by atoms with Gasteiger partial charge in [-0.15, -0.1) is 0 Å². The lowest BCUT2D eigenvalue weighted by molar-refractivity contribution is -0.116. The fourth-order valence-electron chi connectivity index (χ4n) is 2.34. The van der Waals surface area contributed by atoms with Gasteiger partial charge in [0, 0.05) is 24.3 Å². The number of nitrogens with zero attached hydrogens (tertiary/aromatic N) is 1. The molecule has 3 N–H and O–H groups in total. The summed E-state index contributed by atoms with van der Waals surface area (Å²) in [5.41, 5.74) is 8.24. The lowest BCUT2D eigenvalue weighted by atomic mass is 10.1. The zero-order chi connectivity index (χ0) is 12.7. The van der Waals surface area contributed by atoms with Crippen molar-refractivity contribution < 1.29 is 9.53 Å². The van der Waals surface area contributed by atoms with Gasteiger partial charge in [-0.05, 0) is 12.1 Å². The molecule has 1 saturated heterocycles. The number of rotatable bonds is 1. The Hall–Kier alpha value is -1.30. The summed E-state index contributed by atoms with van der Waals surface area (Å²) in [6.45, 7) is 3.00. The highest BCUT2D eigenvalue weighted by Gasteiger charge is 2.29. The third kappa shape index (κ3) is 1.84. The van der Waals surface area contributed by atoms with Crippen molar-refractivity contribution >= 4 is 28.9 Å². The van der Waals surface area contributed by atoms with Gasteiger partial charge < -0.3 is 20.7 Å². The number of halogens is 1. The highest BCUT2D eigenvalue weighted by molar-refractivity contribution is 6.33. The van der Waals surface area contributed by atoms with Crippen molar-refractivity contribution in [3.05, 3.63) is 22.7 Å². The number of benzene rings is 1. The van der Waals surface area contributed by atoms with E-state index in [-0.39, 0.29) is 5.91 Å². The van der Waals surface area contributed by atoms with Crippen molar-refractivity contribution in [1.82, 2.24) is 0 Å². The highest BCUT2D eigenvalue weighted by atomic mass is 35.5. The summed E-state index contributed by atoms with van der Waals surface area (Å²) in [4.78, 5) is 13.7. The predicted octanol–water partition coefficient (Wildman–Crippen LogP) is 1.13. The monoisotopic (exact) mass is 267 g/mol. The van der Waals surface area contributed by atoms with Crippen LogP contribution >= 0.6 is 11.6 Å². The van der Waals surface area contributed by atoms with Crippen molar-refractivity contribution in [3.8, 4) is 0 Å². The molecule has 0 bridgehead atoms. The number of fused-ring (bicyclic) bond motifs is 1. The van der Waals surface area contributed by atoms with Gasteiger partial charge in [-0.3, -0.25) is 4.79 Å². The van der Waals surface area contributed by atoms with Gasteiger partial charge in [0.25, 0.3) is 0 Å². The number of nitrogens with two attached hydrogens (primary N) is 1. The predicted molar refractivity (Wildman–Crippen MR) is 70.0 cm³/mol. The molecular formula is C12H14ClN3O2. The van der Waals surface area contributed by atoms with Crippen LogP contribution in [-0.4, -0.2) is 32.2 Å². The van der Waals surface area contributed by atoms with Gasteiger partial charge in [0.05, 0.1) is 23.9 Å². The first-order valence-electron chi connectivity index (χ1n) is 5.89. The third-order valence-electron chi connectivity index (χ3n) is 3.35. The van der Waals surface area contributed by atoms with Gasteiger partial charge in [-0.2, -0.15) is 0 Å². The molecule has 1 aromatic rings. The molecule has 1 unspecified atom stereocenters. The minimum atomic E-state index is -0.615. The van der Waals surface area contributed by atoms with Crippen LogP contribution in [0, 0.1) is 0 Å². The van der Waals surface area contributed by atoms with Crippen LogP contribution in [0.1, 0.15) is 11.6 Å². The lowest BCUT2D eigenvalue weighted by Gasteiger charge is -2.30. The maximum atomic E-state index is 11.5. The van der Waals surface area contributed by atoms with E-state index in [2.05, 4.69) is 10.2 Å². The summed E-state index contributed by atoms with van der Waals surface area (Å²) in [6.07, 6.45) is 0. The van der Waals surface area contributed by atoms with Crippen LogP contribution < -0.4 is 16.0 Å². The van der Waals surface area contributed by atoms with Crippen LogP contribution in [0.5, 0.6) is 0 Å². The fraction of sp³-hybridized carbons (Fsp3) is 0.417. The number of morpholine rings is 1. The maximum absolute atomic E-state index is 11.5. The summed E-state index contributed by atoms with van der Waals surface area (Å²) < 4.78 is 5.31. The van der Waals surface area contributed by atoms with Gasteiger partial charge in [0.1, 0.15) is 6.04 Å². The summed E-state index contributed by atoms with van der Waals surface area (Å²) >= 11 is 6.28. The van der Waals surface area contributed by atoms with Crippen LogP contribution in [0.2, 0.25) is 5.02 Å². The van der Waals surface area contributed by atoms with Crippen molar-refractivity contribution in [2.45, 2.75) is 6.04 Å². The van der Waals surface area contributed by atoms with Crippen LogP contribution in [0.25, 0.3) is 0 Å². The normalized spacial score (nSPS) is 22.9. The van der Waals surface area contributed by atoms with E-state index >= 15 is 0 Å². The Kier molecular flexibility index (Phi) is 2.89. The highest BCUT2D eigenvalue weighted by Crippen LogP contribution is 2.38. The largest absolute Gasteiger partial charge is 0.378 e. The first kappa shape index (κ1) is 11.8. The molecule has 96 valence electrons. The maximum Gasteiger partial charge on any atom is 0.245 e. The topological polar surface area (TPSA) is 67.6 Å². The van der Waals surface area contributed by atoms with Crippen molar-refractivity contribution in [3.63, 3.8) is 0 Å². The van der Waals surface area contributed by atoms with Crippen molar-refractivity contribution in [2.75, 3.05) is 36.5 Å². The van der Waals surface area contributed by atoms with E-state index in [0.29, 0.717) is 18.2 Å². The first-order chi connectivity index (χ1) is 8.66. The Bertz CT molecular complexity index is 500. The molecule has 3 rings (SSSR count). The smallest absolute Gasteiger partial charge is 0.245 e. The molecule has 5 nitrogen and oxygen atoms in total. The van der Waals surface area contributed by atoms with Gasteiger partial charge in [0.2, 0.25) is 5.91 Å². The molecule has 18 heavy (non-hydrogen) atoms. The van der Waals surface area contributed by atoms with E-state index in [1.54, 1.807) is 6.07 Å². The SMILES string of the molecule is NC1C(=O)Nc2cc(N3CCOCC3)c(Cl)cc21. The molecule has 1 aromatic carbocycles. The molecule has 1 amide bonds. The van der Waals surface area contributed by atoms with E-state index in [9.17, 15) is 4.79 Å². The van der Waals surface area contributed by atoms with Crippen LogP contribution in [0.15, 0.2) is 12.1 Å². The molecule has 0 spiro atoms. The third-order valence-corrected chi connectivity index (χ3v) is 3.65. The molecule has 0 saturated carbocycles. The van der Waals surface area contributed by atoms with Gasteiger partial charge in [-0.25, -0.2) is 0 Å². The number of anilines is 2. The van der Waals surface area contributed by atoms with Crippen LogP contribution in [-0.2, 0) is 9.53 Å². The standard InChI is InChI=1S/C12H14ClN3O2/c13-8-5-7-9(15-12(17)11(7)14)6-10(8)16-1-3-18-4-2-16/h5-6,11H,1-4,14H2,(H,15,17). The van der Waals surface area contributed by atoms with E-state index in [1.165, 1.54) is 0 Å². The van der Waals surface area contributed by atoms with Crippen LogP contribution in [0.3, 0.4) is 0 Å². The number of ether oxygens (including phenoxy) is 1. The number of hydrogen-bond donors (Lipinski definition) is 2. The Morgan fingerprint density at radius 3 is 2.83 bits per heavy atom. The average molecular weight is 268 g/mol. The molecular weight excluding hydrogens is 254 g/mol. The summed E-state index contributed by atoms with van der Waals surface area (Å²) in [7, 11) is 0. The molecule has 2 aliphatic heterocycles. The summed E-state index contributed by atoms with van der Waals surface area (Å²) in [5.74, 6) is -0.180. The minimum Gasteiger partial charge on any atom is -0.378 e. The second kappa shape index (κ2) is 4.42. The molecule has 0 radical (unpaired) electrons. The molecule has 1 fully saturated rings. The zero-order valence-corrected chi connectivity index (χ0v) is 10.5. The summed E-state index contributed by atoms with van der Waals surface area (Å²) in [5, 5.41) is 3.40. The number of nitrogens with one attached hydrogen (secondary N) is 1. The number of carbonyl (C=O) groups excluding carboxylic acids is 1. The molecule has 6 heteroatoms. The quantitative estimate of drug-likeness (QED) is 0.800. The van der Waals surface area contributed by atoms with E-state index in [4.69, 9.17) is 22.1 Å². The Balaban J connectivity index is 1.97. The van der Waals surface area contributed by atoms with Gasteiger partial charge >= 0.3 is 0 Å². The van der Waals surface area contributed by atoms with Crippen molar-refractivity contribution in [2.24, 2.45) is 5.73 Å². The van der Waals surface area contributed by atoms with Crippen LogP contribution in [0.4, 0.5) is 11.4 Å². The van der Waals surface area contributed by atoms with E-state index in [1.807, 2.05) is 6.07 Å². The van der Waals surface area contributed by atoms with E-state index in [0.717, 1.165) is 30.0 Å². The van der Waals surface area contributed by atoms with Crippen molar-refractivity contribution in [1.29, 1.82) is 0 Å². The number of hydrogen-bond acceptors (Lipinski definition) is 4. The first-order valence-corrected chi connectivity index (χ1v) is 6.27. The van der Waals surface area contributed by atoms with Gasteiger partial charge in [-0.1, -0.05) is 11.6 Å². The fourth-order valence-corrected chi connectivity index (χ4v) is 2.63. The summed E-state index contributed by atoms with van der Waals surface area (Å²) in [6, 6.07) is 3.06. The minimum absolute atomic E-state index is 0.180. The molecule has 0 aromatic heterocycles. The number of amides is 1. The zero-order valence-electron chi connectivity index (χ0n) is 9.78. The second-order valence-electron chi connectivity index (χ2n) is 4.46. The Morgan fingerprint density at radius 2 is 2.11 bits per heavy atom.